The lowest BCUT2D eigenvalue weighted by Crippen LogP contribution is -2.29. The molecule has 0 unspecified atom stereocenters. The molecule has 14 heavy (non-hydrogen) atoms. The van der Waals surface area contributed by atoms with Crippen molar-refractivity contribution in [3.05, 3.63) is 23.9 Å². The molecule has 3 heteroatoms. The SMILES string of the molecule is C/C=C/C1=CCCCCN1C(=O)OC. The number of nitrogens with zero attached hydrogens (tertiary/aromatic N) is 1. The van der Waals surface area contributed by atoms with Crippen LogP contribution in [0.4, 0.5) is 4.79 Å². The van der Waals surface area contributed by atoms with Crippen LogP contribution < -0.4 is 0 Å². The van der Waals surface area contributed by atoms with E-state index in [0.717, 1.165) is 31.5 Å². The van der Waals surface area contributed by atoms with Crippen LogP contribution in [-0.4, -0.2) is 24.6 Å². The summed E-state index contributed by atoms with van der Waals surface area (Å²) in [7, 11) is 1.42. The summed E-state index contributed by atoms with van der Waals surface area (Å²) in [5, 5.41) is 0. The van der Waals surface area contributed by atoms with E-state index in [0.29, 0.717) is 0 Å². The van der Waals surface area contributed by atoms with Gasteiger partial charge in [0.2, 0.25) is 0 Å². The van der Waals surface area contributed by atoms with Crippen molar-refractivity contribution >= 4 is 6.09 Å². The molecule has 78 valence electrons. The van der Waals surface area contributed by atoms with Crippen LogP contribution in [0.2, 0.25) is 0 Å². The van der Waals surface area contributed by atoms with Crippen LogP contribution in [0.5, 0.6) is 0 Å². The Morgan fingerprint density at radius 2 is 2.36 bits per heavy atom. The van der Waals surface area contributed by atoms with Gasteiger partial charge in [-0.1, -0.05) is 12.2 Å². The Balaban J connectivity index is 2.81. The van der Waals surface area contributed by atoms with Crippen LogP contribution in [-0.2, 0) is 4.74 Å². The summed E-state index contributed by atoms with van der Waals surface area (Å²) in [4.78, 5) is 13.1. The monoisotopic (exact) mass is 195 g/mol. The van der Waals surface area contributed by atoms with Crippen molar-refractivity contribution in [2.45, 2.75) is 26.2 Å². The minimum Gasteiger partial charge on any atom is -0.452 e. The van der Waals surface area contributed by atoms with Gasteiger partial charge in [-0.25, -0.2) is 4.79 Å². The van der Waals surface area contributed by atoms with Crippen LogP contribution in [0, 0.1) is 0 Å². The summed E-state index contributed by atoms with van der Waals surface area (Å²) in [5.74, 6) is 0. The smallest absolute Gasteiger partial charge is 0.413 e. The Hall–Kier alpha value is -1.25. The lowest BCUT2D eigenvalue weighted by molar-refractivity contribution is 0.137. The second-order valence-electron chi connectivity index (χ2n) is 3.25. The molecule has 0 atom stereocenters. The second kappa shape index (κ2) is 5.47. The topological polar surface area (TPSA) is 29.5 Å². The zero-order chi connectivity index (χ0) is 10.4. The van der Waals surface area contributed by atoms with Crippen LogP contribution in [0.15, 0.2) is 23.9 Å². The molecule has 1 aliphatic rings. The zero-order valence-electron chi connectivity index (χ0n) is 8.82. The number of hydrogen-bond acceptors (Lipinski definition) is 2. The van der Waals surface area contributed by atoms with Crippen molar-refractivity contribution < 1.29 is 9.53 Å². The van der Waals surface area contributed by atoms with Gasteiger partial charge in [-0.3, -0.25) is 4.90 Å². The first kappa shape index (κ1) is 10.8. The number of carbonyl (C=O) groups excluding carboxylic acids is 1. The molecule has 0 fully saturated rings. The van der Waals surface area contributed by atoms with Crippen molar-refractivity contribution in [1.82, 2.24) is 4.90 Å². The van der Waals surface area contributed by atoms with Gasteiger partial charge in [0.15, 0.2) is 0 Å². The van der Waals surface area contributed by atoms with E-state index in [-0.39, 0.29) is 6.09 Å². The lowest BCUT2D eigenvalue weighted by Gasteiger charge is -2.20. The van der Waals surface area contributed by atoms with E-state index < -0.39 is 0 Å². The Labute approximate surface area is 85.0 Å². The molecule has 0 aromatic rings. The Bertz CT molecular complexity index is 256. The van der Waals surface area contributed by atoms with Gasteiger partial charge in [0.05, 0.1) is 7.11 Å². The van der Waals surface area contributed by atoms with Crippen LogP contribution in [0.1, 0.15) is 26.2 Å². The maximum absolute atomic E-state index is 11.4. The van der Waals surface area contributed by atoms with E-state index in [4.69, 9.17) is 4.74 Å². The Kier molecular flexibility index (Phi) is 4.23. The summed E-state index contributed by atoms with van der Waals surface area (Å²) < 4.78 is 4.73. The molecule has 1 amide bonds. The Morgan fingerprint density at radius 1 is 1.57 bits per heavy atom. The van der Waals surface area contributed by atoms with Gasteiger partial charge < -0.3 is 4.74 Å². The number of ether oxygens (including phenoxy) is 1. The fourth-order valence-electron chi connectivity index (χ4n) is 1.54. The maximum Gasteiger partial charge on any atom is 0.413 e. The maximum atomic E-state index is 11.4. The van der Waals surface area contributed by atoms with Gasteiger partial charge in [-0.05, 0) is 32.3 Å². The summed E-state index contributed by atoms with van der Waals surface area (Å²) in [6.07, 6.45) is 8.91. The predicted molar refractivity (Wildman–Crippen MR) is 55.9 cm³/mol. The first-order valence-electron chi connectivity index (χ1n) is 4.98. The molecule has 0 spiro atoms. The molecule has 0 aliphatic carbocycles. The highest BCUT2D eigenvalue weighted by Crippen LogP contribution is 2.16. The van der Waals surface area contributed by atoms with Gasteiger partial charge in [0, 0.05) is 12.2 Å². The van der Waals surface area contributed by atoms with Gasteiger partial charge in [0.1, 0.15) is 0 Å². The molecular formula is C11H17NO2. The number of allylic oxidation sites excluding steroid dienone is 3. The molecule has 0 saturated heterocycles. The van der Waals surface area contributed by atoms with Crippen molar-refractivity contribution in [3.8, 4) is 0 Å². The zero-order valence-corrected chi connectivity index (χ0v) is 8.82. The van der Waals surface area contributed by atoms with Gasteiger partial charge >= 0.3 is 6.09 Å². The first-order valence-corrected chi connectivity index (χ1v) is 4.98. The van der Waals surface area contributed by atoms with Crippen molar-refractivity contribution in [2.24, 2.45) is 0 Å². The Morgan fingerprint density at radius 3 is 3.00 bits per heavy atom. The molecular weight excluding hydrogens is 178 g/mol. The molecule has 0 aromatic carbocycles. The standard InChI is InChI=1S/C11H17NO2/c1-3-7-10-8-5-4-6-9-12(10)11(13)14-2/h3,7-8H,4-6,9H2,1-2H3/b7-3+. The fourth-order valence-corrected chi connectivity index (χ4v) is 1.54. The average molecular weight is 195 g/mol. The van der Waals surface area contributed by atoms with E-state index in [9.17, 15) is 4.79 Å². The summed E-state index contributed by atoms with van der Waals surface area (Å²) >= 11 is 0. The predicted octanol–water partition coefficient (Wildman–Crippen LogP) is 2.70. The van der Waals surface area contributed by atoms with Gasteiger partial charge in [0.25, 0.3) is 0 Å². The third-order valence-corrected chi connectivity index (χ3v) is 2.23. The fraction of sp³-hybridized carbons (Fsp3) is 0.545. The van der Waals surface area contributed by atoms with Crippen molar-refractivity contribution in [3.63, 3.8) is 0 Å². The van der Waals surface area contributed by atoms with Gasteiger partial charge in [-0.15, -0.1) is 0 Å². The summed E-state index contributed by atoms with van der Waals surface area (Å²) in [5.41, 5.74) is 0.955. The van der Waals surface area contributed by atoms with Gasteiger partial charge in [-0.2, -0.15) is 0 Å². The minimum atomic E-state index is -0.267. The van der Waals surface area contributed by atoms with Crippen molar-refractivity contribution in [1.29, 1.82) is 0 Å². The van der Waals surface area contributed by atoms with E-state index in [1.54, 1.807) is 4.90 Å². The molecule has 0 N–H and O–H groups in total. The number of methoxy groups -OCH3 is 1. The number of rotatable bonds is 1. The quantitative estimate of drug-likeness (QED) is 0.643. The van der Waals surface area contributed by atoms with Crippen LogP contribution >= 0.6 is 0 Å². The number of amides is 1. The summed E-state index contributed by atoms with van der Waals surface area (Å²) in [6, 6.07) is 0. The second-order valence-corrected chi connectivity index (χ2v) is 3.25. The number of hydrogen-bond donors (Lipinski definition) is 0. The van der Waals surface area contributed by atoms with Crippen LogP contribution in [0.3, 0.4) is 0 Å². The van der Waals surface area contributed by atoms with E-state index >= 15 is 0 Å². The number of carbonyl (C=O) groups is 1. The van der Waals surface area contributed by atoms with E-state index in [2.05, 4.69) is 6.08 Å². The third kappa shape index (κ3) is 2.62. The highest BCUT2D eigenvalue weighted by atomic mass is 16.5. The molecule has 0 radical (unpaired) electrons. The molecule has 1 heterocycles. The summed E-state index contributed by atoms with van der Waals surface area (Å²) in [6.45, 7) is 2.70. The first-order chi connectivity index (χ1) is 6.79. The molecule has 0 aromatic heterocycles. The molecule has 0 saturated carbocycles. The molecule has 3 nitrogen and oxygen atoms in total. The molecule has 1 rings (SSSR count). The third-order valence-electron chi connectivity index (χ3n) is 2.23. The van der Waals surface area contributed by atoms with E-state index in [1.165, 1.54) is 7.11 Å². The molecule has 1 aliphatic heterocycles. The molecule has 0 bridgehead atoms. The van der Waals surface area contributed by atoms with Crippen LogP contribution in [0.25, 0.3) is 0 Å². The average Bonchev–Trinajstić information content (AvgIpc) is 2.43. The lowest BCUT2D eigenvalue weighted by atomic mass is 10.2. The van der Waals surface area contributed by atoms with Crippen molar-refractivity contribution in [2.75, 3.05) is 13.7 Å². The largest absolute Gasteiger partial charge is 0.452 e. The highest BCUT2D eigenvalue weighted by Gasteiger charge is 2.17. The highest BCUT2D eigenvalue weighted by molar-refractivity contribution is 5.70. The van der Waals surface area contributed by atoms with E-state index in [1.807, 2.05) is 19.1 Å². The normalized spacial score (nSPS) is 17.9. The minimum absolute atomic E-state index is 0.267.